The van der Waals surface area contributed by atoms with Crippen LogP contribution in [0.25, 0.3) is 0 Å². The Labute approximate surface area is 130 Å². The molecule has 1 unspecified atom stereocenters. The smallest absolute Gasteiger partial charge is 0.262 e. The molecule has 0 fully saturated rings. The lowest BCUT2D eigenvalue weighted by molar-refractivity contribution is -0.121. The van der Waals surface area contributed by atoms with Crippen molar-refractivity contribution in [2.45, 2.75) is 33.2 Å². The van der Waals surface area contributed by atoms with E-state index in [0.29, 0.717) is 12.2 Å². The zero-order valence-electron chi connectivity index (χ0n) is 13.1. The number of hydrogen-bond donors (Lipinski definition) is 2. The van der Waals surface area contributed by atoms with E-state index >= 15 is 0 Å². The molecule has 2 N–H and O–H groups in total. The second-order valence-corrected chi connectivity index (χ2v) is 5.17. The summed E-state index contributed by atoms with van der Waals surface area (Å²) in [6.45, 7) is 6.02. The topological polar surface area (TPSA) is 66.6 Å². The molecular weight excluding hydrogens is 278 g/mol. The third-order valence-electron chi connectivity index (χ3n) is 3.35. The van der Waals surface area contributed by atoms with Crippen molar-refractivity contribution in [3.05, 3.63) is 53.5 Å². The number of amides is 1. The standard InChI is InChI=1S/C17H21N3O2/c1-4-15(19-16-8-7-12(2)10-13(16)3)17(21)20-18-11-14-6-5-9-22-14/h5-11,15,19H,4H2,1-3H3,(H,20,21). The molecule has 0 saturated heterocycles. The first-order valence-corrected chi connectivity index (χ1v) is 7.30. The normalized spacial score (nSPS) is 12.3. The number of furan rings is 1. The minimum absolute atomic E-state index is 0.176. The molecule has 1 aromatic heterocycles. The van der Waals surface area contributed by atoms with Crippen molar-refractivity contribution in [3.63, 3.8) is 0 Å². The van der Waals surface area contributed by atoms with E-state index in [0.717, 1.165) is 11.3 Å². The molecule has 22 heavy (non-hydrogen) atoms. The molecule has 0 aliphatic heterocycles. The predicted molar refractivity (Wildman–Crippen MR) is 88.1 cm³/mol. The van der Waals surface area contributed by atoms with Crippen molar-refractivity contribution in [1.82, 2.24) is 5.43 Å². The van der Waals surface area contributed by atoms with Crippen molar-refractivity contribution < 1.29 is 9.21 Å². The van der Waals surface area contributed by atoms with E-state index in [-0.39, 0.29) is 11.9 Å². The minimum atomic E-state index is -0.338. The van der Waals surface area contributed by atoms with Crippen LogP contribution < -0.4 is 10.7 Å². The maximum Gasteiger partial charge on any atom is 0.262 e. The first-order chi connectivity index (χ1) is 10.6. The molecule has 1 aromatic carbocycles. The van der Waals surface area contributed by atoms with Crippen molar-refractivity contribution in [2.75, 3.05) is 5.32 Å². The van der Waals surface area contributed by atoms with Gasteiger partial charge in [0.05, 0.1) is 12.5 Å². The van der Waals surface area contributed by atoms with Crippen LogP contribution >= 0.6 is 0 Å². The molecule has 0 radical (unpaired) electrons. The lowest BCUT2D eigenvalue weighted by atomic mass is 10.1. The molecule has 2 rings (SSSR count). The Balaban J connectivity index is 1.96. The largest absolute Gasteiger partial charge is 0.463 e. The number of anilines is 1. The van der Waals surface area contributed by atoms with Gasteiger partial charge in [-0.2, -0.15) is 5.10 Å². The van der Waals surface area contributed by atoms with Gasteiger partial charge in [-0.25, -0.2) is 5.43 Å². The molecule has 0 aliphatic carbocycles. The maximum absolute atomic E-state index is 12.2. The van der Waals surface area contributed by atoms with Gasteiger partial charge in [-0.05, 0) is 44.0 Å². The first-order valence-electron chi connectivity index (χ1n) is 7.30. The maximum atomic E-state index is 12.2. The molecule has 1 amide bonds. The molecule has 0 spiro atoms. The summed E-state index contributed by atoms with van der Waals surface area (Å²) in [5.41, 5.74) is 5.81. The van der Waals surface area contributed by atoms with Crippen LogP contribution in [0.15, 0.2) is 46.1 Å². The van der Waals surface area contributed by atoms with Gasteiger partial charge in [-0.3, -0.25) is 4.79 Å². The summed E-state index contributed by atoms with van der Waals surface area (Å²) < 4.78 is 5.11. The molecule has 1 atom stereocenters. The first kappa shape index (κ1) is 15.8. The fourth-order valence-electron chi connectivity index (χ4n) is 2.12. The van der Waals surface area contributed by atoms with E-state index in [1.54, 1.807) is 18.4 Å². The molecule has 5 heteroatoms. The highest BCUT2D eigenvalue weighted by Crippen LogP contribution is 2.17. The summed E-state index contributed by atoms with van der Waals surface area (Å²) in [4.78, 5) is 12.2. The van der Waals surface area contributed by atoms with Crippen LogP contribution in [-0.4, -0.2) is 18.2 Å². The number of nitrogens with zero attached hydrogens (tertiary/aromatic N) is 1. The van der Waals surface area contributed by atoms with Crippen LogP contribution in [-0.2, 0) is 4.79 Å². The number of carbonyl (C=O) groups is 1. The number of aryl methyl sites for hydroxylation is 2. The molecular formula is C17H21N3O2. The van der Waals surface area contributed by atoms with Crippen molar-refractivity contribution in [2.24, 2.45) is 5.10 Å². The zero-order valence-corrected chi connectivity index (χ0v) is 13.1. The highest BCUT2D eigenvalue weighted by Gasteiger charge is 2.16. The van der Waals surface area contributed by atoms with Gasteiger partial charge in [0.25, 0.3) is 5.91 Å². The Kier molecular flexibility index (Phi) is 5.36. The summed E-state index contributed by atoms with van der Waals surface area (Å²) in [7, 11) is 0. The molecule has 0 bridgehead atoms. The third-order valence-corrected chi connectivity index (χ3v) is 3.35. The van der Waals surface area contributed by atoms with Gasteiger partial charge in [0.1, 0.15) is 11.8 Å². The van der Waals surface area contributed by atoms with Gasteiger partial charge in [0, 0.05) is 5.69 Å². The van der Waals surface area contributed by atoms with Crippen LogP contribution in [0, 0.1) is 13.8 Å². The Morgan fingerprint density at radius 2 is 2.18 bits per heavy atom. The lowest BCUT2D eigenvalue weighted by Gasteiger charge is -2.18. The van der Waals surface area contributed by atoms with E-state index in [2.05, 4.69) is 21.9 Å². The average Bonchev–Trinajstić information content (AvgIpc) is 2.99. The second kappa shape index (κ2) is 7.45. The second-order valence-electron chi connectivity index (χ2n) is 5.17. The van der Waals surface area contributed by atoms with Gasteiger partial charge in [-0.15, -0.1) is 0 Å². The fourth-order valence-corrected chi connectivity index (χ4v) is 2.12. The monoisotopic (exact) mass is 299 g/mol. The van der Waals surface area contributed by atoms with Gasteiger partial charge in [0.2, 0.25) is 0 Å². The van der Waals surface area contributed by atoms with Crippen LogP contribution in [0.2, 0.25) is 0 Å². The van der Waals surface area contributed by atoms with Crippen LogP contribution in [0.5, 0.6) is 0 Å². The number of benzene rings is 1. The fraction of sp³-hybridized carbons (Fsp3) is 0.294. The number of hydrazone groups is 1. The van der Waals surface area contributed by atoms with Crippen LogP contribution in [0.3, 0.4) is 0 Å². The van der Waals surface area contributed by atoms with Crippen molar-refractivity contribution in [1.29, 1.82) is 0 Å². The summed E-state index contributed by atoms with van der Waals surface area (Å²) in [5, 5.41) is 7.16. The molecule has 0 aliphatic rings. The number of carbonyl (C=O) groups excluding carboxylic acids is 1. The summed E-state index contributed by atoms with van der Waals surface area (Å²) in [6, 6.07) is 9.29. The number of hydrogen-bond acceptors (Lipinski definition) is 4. The van der Waals surface area contributed by atoms with Crippen LogP contribution in [0.1, 0.15) is 30.2 Å². The van der Waals surface area contributed by atoms with E-state index in [9.17, 15) is 4.79 Å². The SMILES string of the molecule is CCC(Nc1ccc(C)cc1C)C(=O)NN=Cc1ccco1. The zero-order chi connectivity index (χ0) is 15.9. The Hall–Kier alpha value is -2.56. The molecule has 116 valence electrons. The number of nitrogens with one attached hydrogen (secondary N) is 2. The summed E-state index contributed by atoms with van der Waals surface area (Å²) in [5.74, 6) is 0.418. The van der Waals surface area contributed by atoms with Gasteiger partial charge < -0.3 is 9.73 Å². The van der Waals surface area contributed by atoms with E-state index < -0.39 is 0 Å². The van der Waals surface area contributed by atoms with E-state index in [1.165, 1.54) is 11.8 Å². The highest BCUT2D eigenvalue weighted by atomic mass is 16.3. The van der Waals surface area contributed by atoms with Crippen LogP contribution in [0.4, 0.5) is 5.69 Å². The van der Waals surface area contributed by atoms with E-state index in [1.807, 2.05) is 32.9 Å². The van der Waals surface area contributed by atoms with Gasteiger partial charge in [-0.1, -0.05) is 24.6 Å². The quantitative estimate of drug-likeness (QED) is 0.635. The van der Waals surface area contributed by atoms with E-state index in [4.69, 9.17) is 4.42 Å². The number of rotatable bonds is 6. The van der Waals surface area contributed by atoms with Crippen molar-refractivity contribution >= 4 is 17.8 Å². The molecule has 0 saturated carbocycles. The molecule has 5 nitrogen and oxygen atoms in total. The van der Waals surface area contributed by atoms with Gasteiger partial charge >= 0.3 is 0 Å². The molecule has 2 aromatic rings. The Morgan fingerprint density at radius 1 is 1.36 bits per heavy atom. The third kappa shape index (κ3) is 4.22. The highest BCUT2D eigenvalue weighted by molar-refractivity contribution is 5.86. The van der Waals surface area contributed by atoms with Gasteiger partial charge in [0.15, 0.2) is 0 Å². The average molecular weight is 299 g/mol. The predicted octanol–water partition coefficient (Wildman–Crippen LogP) is 3.24. The molecule has 1 heterocycles. The Morgan fingerprint density at radius 3 is 2.82 bits per heavy atom. The summed E-state index contributed by atoms with van der Waals surface area (Å²) in [6.07, 6.45) is 3.69. The van der Waals surface area contributed by atoms with Crippen molar-refractivity contribution in [3.8, 4) is 0 Å². The minimum Gasteiger partial charge on any atom is -0.463 e. The lowest BCUT2D eigenvalue weighted by Crippen LogP contribution is -2.37. The summed E-state index contributed by atoms with van der Waals surface area (Å²) >= 11 is 0. The Bertz CT molecular complexity index is 648.